The van der Waals surface area contributed by atoms with E-state index in [0.29, 0.717) is 19.0 Å². The molecule has 114 valence electrons. The number of aromatic nitrogens is 1. The number of carboxylic acid groups (broad SMARTS) is 1. The highest BCUT2D eigenvalue weighted by Gasteiger charge is 2.21. The van der Waals surface area contributed by atoms with E-state index in [9.17, 15) is 13.2 Å². The molecule has 6 nitrogen and oxygen atoms in total. The smallest absolute Gasteiger partial charge is 0.352 e. The van der Waals surface area contributed by atoms with Crippen LogP contribution in [0.15, 0.2) is 17.2 Å². The van der Waals surface area contributed by atoms with Crippen LogP contribution in [-0.4, -0.2) is 30.6 Å². The van der Waals surface area contributed by atoms with E-state index in [1.807, 2.05) is 20.8 Å². The molecule has 0 bridgehead atoms. The minimum atomic E-state index is -3.67. The number of rotatable bonds is 7. The Bertz CT molecular complexity index is 575. The summed E-state index contributed by atoms with van der Waals surface area (Å²) in [5.74, 6) is -0.562. The fourth-order valence-corrected chi connectivity index (χ4v) is 2.81. The summed E-state index contributed by atoms with van der Waals surface area (Å²) < 4.78 is 28.2. The summed E-state index contributed by atoms with van der Waals surface area (Å²) in [6, 6.07) is 1.19. The van der Waals surface area contributed by atoms with Gasteiger partial charge < -0.3 is 9.67 Å². The van der Waals surface area contributed by atoms with Crippen molar-refractivity contribution in [2.45, 2.75) is 39.1 Å². The maximum Gasteiger partial charge on any atom is 0.352 e. The zero-order chi connectivity index (χ0) is 15.5. The van der Waals surface area contributed by atoms with Crippen molar-refractivity contribution in [3.63, 3.8) is 0 Å². The summed E-state index contributed by atoms with van der Waals surface area (Å²) in [7, 11) is -3.67. The molecule has 0 aromatic carbocycles. The molecule has 0 aliphatic heterocycles. The van der Waals surface area contributed by atoms with Crippen molar-refractivity contribution in [3.8, 4) is 0 Å². The van der Waals surface area contributed by atoms with E-state index in [-0.39, 0.29) is 16.5 Å². The van der Waals surface area contributed by atoms with Crippen molar-refractivity contribution < 1.29 is 18.3 Å². The first-order valence-electron chi connectivity index (χ1n) is 6.62. The van der Waals surface area contributed by atoms with Crippen LogP contribution in [0.25, 0.3) is 0 Å². The second-order valence-corrected chi connectivity index (χ2v) is 6.99. The highest BCUT2D eigenvalue weighted by Crippen LogP contribution is 2.16. The monoisotopic (exact) mass is 302 g/mol. The first-order valence-corrected chi connectivity index (χ1v) is 8.10. The lowest BCUT2D eigenvalue weighted by Gasteiger charge is -2.15. The lowest BCUT2D eigenvalue weighted by molar-refractivity contribution is 0.0685. The van der Waals surface area contributed by atoms with E-state index in [0.717, 1.165) is 0 Å². The average Bonchev–Trinajstić information content (AvgIpc) is 2.80. The molecule has 0 aliphatic rings. The zero-order valence-electron chi connectivity index (χ0n) is 12.3. The number of sulfonamides is 1. The van der Waals surface area contributed by atoms with Gasteiger partial charge in [0, 0.05) is 19.3 Å². The Labute approximate surface area is 119 Å². The lowest BCUT2D eigenvalue weighted by atomic mass is 9.99. The van der Waals surface area contributed by atoms with E-state index in [2.05, 4.69) is 4.72 Å². The number of nitrogens with zero attached hydrogens (tertiary/aromatic N) is 1. The van der Waals surface area contributed by atoms with Crippen LogP contribution >= 0.6 is 0 Å². The van der Waals surface area contributed by atoms with Gasteiger partial charge in [-0.05, 0) is 24.8 Å². The summed E-state index contributed by atoms with van der Waals surface area (Å²) in [6.45, 7) is 8.51. The van der Waals surface area contributed by atoms with Crippen LogP contribution in [0.1, 0.15) is 38.2 Å². The Morgan fingerprint density at radius 3 is 2.40 bits per heavy atom. The third-order valence-corrected chi connectivity index (χ3v) is 4.87. The van der Waals surface area contributed by atoms with E-state index >= 15 is 0 Å². The van der Waals surface area contributed by atoms with Gasteiger partial charge in [-0.15, -0.1) is 0 Å². The molecule has 0 aliphatic carbocycles. The van der Waals surface area contributed by atoms with E-state index in [1.54, 1.807) is 6.92 Å². The highest BCUT2D eigenvalue weighted by molar-refractivity contribution is 7.89. The molecule has 7 heteroatoms. The summed E-state index contributed by atoms with van der Waals surface area (Å²) in [4.78, 5) is 11.0. The Balaban J connectivity index is 2.96. The van der Waals surface area contributed by atoms with Gasteiger partial charge in [-0.3, -0.25) is 0 Å². The summed E-state index contributed by atoms with van der Waals surface area (Å²) in [6.07, 6.45) is 1.35. The van der Waals surface area contributed by atoms with Crippen LogP contribution in [0.4, 0.5) is 0 Å². The van der Waals surface area contributed by atoms with E-state index < -0.39 is 16.0 Å². The number of carbonyl (C=O) groups is 1. The fourth-order valence-electron chi connectivity index (χ4n) is 1.63. The van der Waals surface area contributed by atoms with Gasteiger partial charge in [0.15, 0.2) is 0 Å². The second-order valence-electron chi connectivity index (χ2n) is 5.23. The van der Waals surface area contributed by atoms with Crippen molar-refractivity contribution in [1.82, 2.24) is 9.29 Å². The normalized spacial score (nSPS) is 13.7. The standard InChI is InChI=1S/C13H22N2O4S/c1-5-15-8-11(6-12(15)13(16)17)20(18,19)14-7-10(4)9(2)3/h6,8-10,14H,5,7H2,1-4H3,(H,16,17). The van der Waals surface area contributed by atoms with Crippen molar-refractivity contribution >= 4 is 16.0 Å². The Morgan fingerprint density at radius 1 is 1.40 bits per heavy atom. The minimum absolute atomic E-state index is 0.00675. The molecule has 1 atom stereocenters. The van der Waals surface area contributed by atoms with E-state index in [4.69, 9.17) is 5.11 Å². The molecule has 0 saturated carbocycles. The van der Waals surface area contributed by atoms with E-state index in [1.165, 1.54) is 16.8 Å². The third-order valence-electron chi connectivity index (χ3n) is 3.47. The number of hydrogen-bond donors (Lipinski definition) is 2. The highest BCUT2D eigenvalue weighted by atomic mass is 32.2. The topological polar surface area (TPSA) is 88.4 Å². The van der Waals surface area contributed by atoms with Crippen LogP contribution in [0, 0.1) is 11.8 Å². The predicted molar refractivity (Wildman–Crippen MR) is 76.3 cm³/mol. The molecule has 0 spiro atoms. The molecular weight excluding hydrogens is 280 g/mol. The van der Waals surface area contributed by atoms with Gasteiger partial charge in [-0.25, -0.2) is 17.9 Å². The predicted octanol–water partition coefficient (Wildman–Crippen LogP) is 1.78. The molecule has 1 aromatic rings. The summed E-state index contributed by atoms with van der Waals surface area (Å²) in [5, 5.41) is 9.03. The molecule has 20 heavy (non-hydrogen) atoms. The Kier molecular flexibility index (Phi) is 5.35. The van der Waals surface area contributed by atoms with Gasteiger partial charge in [-0.1, -0.05) is 20.8 Å². The first kappa shape index (κ1) is 16.7. The van der Waals surface area contributed by atoms with Gasteiger partial charge >= 0.3 is 5.97 Å². The van der Waals surface area contributed by atoms with Gasteiger partial charge in [0.25, 0.3) is 0 Å². The lowest BCUT2D eigenvalue weighted by Crippen LogP contribution is -2.30. The fraction of sp³-hybridized carbons (Fsp3) is 0.615. The molecule has 0 radical (unpaired) electrons. The molecule has 1 rings (SSSR count). The maximum atomic E-state index is 12.1. The third kappa shape index (κ3) is 3.83. The van der Waals surface area contributed by atoms with Crippen molar-refractivity contribution in [3.05, 3.63) is 18.0 Å². The number of nitrogens with one attached hydrogen (secondary N) is 1. The van der Waals surface area contributed by atoms with Crippen LogP contribution in [0.5, 0.6) is 0 Å². The molecule has 2 N–H and O–H groups in total. The number of aromatic carboxylic acids is 1. The largest absolute Gasteiger partial charge is 0.477 e. The average molecular weight is 302 g/mol. The van der Waals surface area contributed by atoms with Gasteiger partial charge in [-0.2, -0.15) is 0 Å². The Hall–Kier alpha value is -1.34. The molecule has 0 amide bonds. The molecule has 1 unspecified atom stereocenters. The minimum Gasteiger partial charge on any atom is -0.477 e. The van der Waals surface area contributed by atoms with Gasteiger partial charge in [0.1, 0.15) is 10.6 Å². The first-order chi connectivity index (χ1) is 9.19. The van der Waals surface area contributed by atoms with Crippen LogP contribution in [0.3, 0.4) is 0 Å². The SMILES string of the molecule is CCn1cc(S(=O)(=O)NCC(C)C(C)C)cc1C(=O)O. The molecule has 0 fully saturated rings. The van der Waals surface area contributed by atoms with Crippen LogP contribution in [-0.2, 0) is 16.6 Å². The quantitative estimate of drug-likeness (QED) is 0.803. The van der Waals surface area contributed by atoms with Crippen LogP contribution < -0.4 is 4.72 Å². The Morgan fingerprint density at radius 2 is 2.00 bits per heavy atom. The van der Waals surface area contributed by atoms with Gasteiger partial charge in [0.2, 0.25) is 10.0 Å². The van der Waals surface area contributed by atoms with Crippen molar-refractivity contribution in [2.75, 3.05) is 6.54 Å². The van der Waals surface area contributed by atoms with Crippen LogP contribution in [0.2, 0.25) is 0 Å². The number of hydrogen-bond acceptors (Lipinski definition) is 3. The zero-order valence-corrected chi connectivity index (χ0v) is 13.1. The number of aryl methyl sites for hydroxylation is 1. The van der Waals surface area contributed by atoms with Crippen molar-refractivity contribution in [2.24, 2.45) is 11.8 Å². The van der Waals surface area contributed by atoms with Gasteiger partial charge in [0.05, 0.1) is 0 Å². The molecule has 0 saturated heterocycles. The molecule has 1 heterocycles. The summed E-state index contributed by atoms with van der Waals surface area (Å²) >= 11 is 0. The van der Waals surface area contributed by atoms with Crippen molar-refractivity contribution in [1.29, 1.82) is 0 Å². The molecular formula is C13H22N2O4S. The molecule has 1 aromatic heterocycles. The summed E-state index contributed by atoms with van der Waals surface area (Å²) in [5.41, 5.74) is -0.0233. The number of carboxylic acids is 1. The maximum absolute atomic E-state index is 12.1. The second kappa shape index (κ2) is 6.41.